The molecule has 1 fully saturated rings. The predicted molar refractivity (Wildman–Crippen MR) is 62.2 cm³/mol. The van der Waals surface area contributed by atoms with Crippen LogP contribution in [-0.2, 0) is 6.54 Å². The van der Waals surface area contributed by atoms with Gasteiger partial charge in [-0.25, -0.2) is 4.39 Å². The van der Waals surface area contributed by atoms with Gasteiger partial charge in [-0.1, -0.05) is 15.9 Å². The van der Waals surface area contributed by atoms with Crippen molar-refractivity contribution in [2.75, 3.05) is 20.1 Å². The number of hydrogen-bond donors (Lipinski definition) is 1. The Kier molecular flexibility index (Phi) is 3.38. The van der Waals surface area contributed by atoms with E-state index in [1.54, 1.807) is 6.07 Å². The number of halogens is 2. The van der Waals surface area contributed by atoms with Gasteiger partial charge in [0.15, 0.2) is 0 Å². The molecule has 0 aliphatic carbocycles. The number of benzene rings is 1. The molecule has 0 unspecified atom stereocenters. The van der Waals surface area contributed by atoms with Crippen molar-refractivity contribution in [1.82, 2.24) is 10.2 Å². The lowest BCUT2D eigenvalue weighted by molar-refractivity contribution is 0.171. The summed E-state index contributed by atoms with van der Waals surface area (Å²) in [5.41, 5.74) is 0.749. The Morgan fingerprint density at radius 3 is 2.87 bits per heavy atom. The van der Waals surface area contributed by atoms with E-state index in [2.05, 4.69) is 26.1 Å². The lowest BCUT2D eigenvalue weighted by atomic mass is 10.1. The lowest BCUT2D eigenvalue weighted by Gasteiger charge is -2.35. The molecule has 0 bridgehead atoms. The molecule has 1 aromatic carbocycles. The molecule has 1 N–H and O–H groups in total. The van der Waals surface area contributed by atoms with Gasteiger partial charge in [-0.15, -0.1) is 0 Å². The molecule has 0 saturated carbocycles. The number of rotatable bonds is 3. The average Bonchev–Trinajstić information content (AvgIpc) is 2.08. The summed E-state index contributed by atoms with van der Waals surface area (Å²) in [6, 6.07) is 5.62. The highest BCUT2D eigenvalue weighted by Crippen LogP contribution is 2.18. The summed E-state index contributed by atoms with van der Waals surface area (Å²) >= 11 is 3.36. The molecule has 1 heterocycles. The van der Waals surface area contributed by atoms with E-state index in [1.165, 1.54) is 6.07 Å². The van der Waals surface area contributed by atoms with Crippen LogP contribution in [-0.4, -0.2) is 31.1 Å². The third-order valence-electron chi connectivity index (χ3n) is 2.81. The van der Waals surface area contributed by atoms with Crippen LogP contribution in [0.4, 0.5) is 4.39 Å². The molecule has 0 aromatic heterocycles. The molecular formula is C11H14BrFN2. The van der Waals surface area contributed by atoms with Gasteiger partial charge >= 0.3 is 0 Å². The Balaban J connectivity index is 2.05. The molecule has 1 aliphatic heterocycles. The van der Waals surface area contributed by atoms with E-state index < -0.39 is 0 Å². The first kappa shape index (κ1) is 11.0. The zero-order valence-electron chi connectivity index (χ0n) is 8.63. The minimum atomic E-state index is -0.127. The molecule has 1 aromatic rings. The molecule has 2 nitrogen and oxygen atoms in total. The molecule has 1 aliphatic rings. The maximum Gasteiger partial charge on any atom is 0.127 e. The van der Waals surface area contributed by atoms with Crippen LogP contribution in [0.3, 0.4) is 0 Å². The Labute approximate surface area is 97.6 Å². The molecule has 2 rings (SSSR count). The van der Waals surface area contributed by atoms with Gasteiger partial charge in [0.1, 0.15) is 5.82 Å². The quantitative estimate of drug-likeness (QED) is 0.906. The second-order valence-electron chi connectivity index (χ2n) is 3.96. The van der Waals surface area contributed by atoms with E-state index in [0.29, 0.717) is 12.6 Å². The summed E-state index contributed by atoms with van der Waals surface area (Å²) in [4.78, 5) is 2.18. The molecular weight excluding hydrogens is 259 g/mol. The van der Waals surface area contributed by atoms with Crippen LogP contribution >= 0.6 is 15.9 Å². The zero-order valence-corrected chi connectivity index (χ0v) is 10.2. The van der Waals surface area contributed by atoms with Crippen molar-refractivity contribution < 1.29 is 4.39 Å². The number of nitrogens with one attached hydrogen (secondary N) is 1. The van der Waals surface area contributed by atoms with E-state index in [9.17, 15) is 4.39 Å². The van der Waals surface area contributed by atoms with Crippen molar-refractivity contribution in [3.63, 3.8) is 0 Å². The number of nitrogens with zero attached hydrogens (tertiary/aromatic N) is 1. The summed E-state index contributed by atoms with van der Waals surface area (Å²) in [5, 5.41) is 3.21. The third kappa shape index (κ3) is 2.56. The van der Waals surface area contributed by atoms with Gasteiger partial charge < -0.3 is 5.32 Å². The van der Waals surface area contributed by atoms with Gasteiger partial charge in [0.05, 0.1) is 0 Å². The van der Waals surface area contributed by atoms with E-state index >= 15 is 0 Å². The predicted octanol–water partition coefficient (Wildman–Crippen LogP) is 1.99. The summed E-state index contributed by atoms with van der Waals surface area (Å²) in [7, 11) is 2.03. The van der Waals surface area contributed by atoms with Crippen LogP contribution in [0.5, 0.6) is 0 Å². The Morgan fingerprint density at radius 1 is 1.53 bits per heavy atom. The Hall–Kier alpha value is -0.450. The van der Waals surface area contributed by atoms with Gasteiger partial charge in [-0.05, 0) is 25.2 Å². The van der Waals surface area contributed by atoms with Crippen molar-refractivity contribution in [3.8, 4) is 0 Å². The third-order valence-corrected chi connectivity index (χ3v) is 3.30. The topological polar surface area (TPSA) is 15.3 Å². The SMILES string of the molecule is CN(Cc1cc(Br)ccc1F)C1CNC1. The standard InChI is InChI=1S/C11H14BrFN2/c1-15(10-5-14-6-10)7-8-4-9(12)2-3-11(8)13/h2-4,10,14H,5-7H2,1H3. The van der Waals surface area contributed by atoms with Crippen molar-refractivity contribution in [1.29, 1.82) is 0 Å². The van der Waals surface area contributed by atoms with E-state index in [0.717, 1.165) is 23.1 Å². The van der Waals surface area contributed by atoms with E-state index in [4.69, 9.17) is 0 Å². The van der Waals surface area contributed by atoms with E-state index in [1.807, 2.05) is 13.1 Å². The molecule has 82 valence electrons. The molecule has 15 heavy (non-hydrogen) atoms. The van der Waals surface area contributed by atoms with Crippen LogP contribution in [0.25, 0.3) is 0 Å². The highest BCUT2D eigenvalue weighted by molar-refractivity contribution is 9.10. The van der Waals surface area contributed by atoms with Crippen LogP contribution in [0.1, 0.15) is 5.56 Å². The van der Waals surface area contributed by atoms with Crippen molar-refractivity contribution in [2.24, 2.45) is 0 Å². The summed E-state index contributed by atoms with van der Waals surface area (Å²) in [6.07, 6.45) is 0. The maximum absolute atomic E-state index is 13.5. The van der Waals surface area contributed by atoms with Gasteiger partial charge in [0.2, 0.25) is 0 Å². The fourth-order valence-electron chi connectivity index (χ4n) is 1.65. The minimum absolute atomic E-state index is 0.127. The lowest BCUT2D eigenvalue weighted by Crippen LogP contribution is -2.55. The molecule has 0 radical (unpaired) electrons. The first-order valence-corrected chi connectivity index (χ1v) is 5.81. The van der Waals surface area contributed by atoms with Crippen molar-refractivity contribution >= 4 is 15.9 Å². The highest BCUT2D eigenvalue weighted by Gasteiger charge is 2.21. The summed E-state index contributed by atoms with van der Waals surface area (Å²) in [6.45, 7) is 2.68. The Bertz CT molecular complexity index is 352. The van der Waals surface area contributed by atoms with Gasteiger partial charge in [-0.2, -0.15) is 0 Å². The summed E-state index contributed by atoms with van der Waals surface area (Å²) in [5.74, 6) is -0.127. The van der Waals surface area contributed by atoms with Crippen LogP contribution in [0.15, 0.2) is 22.7 Å². The highest BCUT2D eigenvalue weighted by atomic mass is 79.9. The van der Waals surface area contributed by atoms with Gasteiger partial charge in [0, 0.05) is 35.7 Å². The zero-order chi connectivity index (χ0) is 10.8. The normalized spacial score (nSPS) is 16.8. The number of likely N-dealkylation sites (N-methyl/N-ethyl adjacent to an activating group) is 1. The Morgan fingerprint density at radius 2 is 2.27 bits per heavy atom. The summed E-state index contributed by atoms with van der Waals surface area (Å²) < 4.78 is 14.4. The van der Waals surface area contributed by atoms with Gasteiger partial charge in [0.25, 0.3) is 0 Å². The first-order chi connectivity index (χ1) is 7.16. The second kappa shape index (κ2) is 4.60. The van der Waals surface area contributed by atoms with Crippen LogP contribution in [0, 0.1) is 5.82 Å². The molecule has 0 spiro atoms. The fourth-order valence-corrected chi connectivity index (χ4v) is 2.06. The number of hydrogen-bond acceptors (Lipinski definition) is 2. The average molecular weight is 273 g/mol. The minimum Gasteiger partial charge on any atom is -0.314 e. The maximum atomic E-state index is 13.5. The monoisotopic (exact) mass is 272 g/mol. The van der Waals surface area contributed by atoms with E-state index in [-0.39, 0.29) is 5.82 Å². The largest absolute Gasteiger partial charge is 0.314 e. The first-order valence-electron chi connectivity index (χ1n) is 5.01. The molecule has 0 amide bonds. The molecule has 4 heteroatoms. The van der Waals surface area contributed by atoms with Crippen LogP contribution < -0.4 is 5.32 Å². The smallest absolute Gasteiger partial charge is 0.127 e. The molecule has 1 saturated heterocycles. The molecule has 0 atom stereocenters. The van der Waals surface area contributed by atoms with Crippen molar-refractivity contribution in [2.45, 2.75) is 12.6 Å². The second-order valence-corrected chi connectivity index (χ2v) is 4.88. The van der Waals surface area contributed by atoms with Gasteiger partial charge in [-0.3, -0.25) is 4.90 Å². The van der Waals surface area contributed by atoms with Crippen LogP contribution in [0.2, 0.25) is 0 Å². The van der Waals surface area contributed by atoms with Crippen molar-refractivity contribution in [3.05, 3.63) is 34.1 Å². The fraction of sp³-hybridized carbons (Fsp3) is 0.455.